The van der Waals surface area contributed by atoms with Crippen molar-refractivity contribution in [1.82, 2.24) is 19.9 Å². The first-order valence-corrected chi connectivity index (χ1v) is 15.0. The molecule has 1 amide bonds. The van der Waals surface area contributed by atoms with Crippen molar-refractivity contribution in [3.8, 4) is 16.9 Å². The number of carbonyl (C=O) groups excluding carboxylic acids is 1. The Morgan fingerprint density at radius 3 is 2.30 bits per heavy atom. The van der Waals surface area contributed by atoms with Gasteiger partial charge in [-0.1, -0.05) is 58.6 Å². The van der Waals surface area contributed by atoms with Gasteiger partial charge in [0.05, 0.1) is 24.9 Å². The number of hydrogen-bond acceptors (Lipinski definition) is 7. The van der Waals surface area contributed by atoms with Gasteiger partial charge < -0.3 is 20.8 Å². The molecule has 2 aromatic carbocycles. The molecule has 0 atom stereocenters. The lowest BCUT2D eigenvalue weighted by Crippen LogP contribution is -2.29. The van der Waals surface area contributed by atoms with E-state index in [1.165, 1.54) is 18.2 Å². The fraction of sp³-hybridized carbons (Fsp3) is 0.394. The lowest BCUT2D eigenvalue weighted by Gasteiger charge is -2.18. The van der Waals surface area contributed by atoms with Crippen molar-refractivity contribution < 1.29 is 23.8 Å². The summed E-state index contributed by atoms with van der Waals surface area (Å²) in [5.74, 6) is -2.28. The third-order valence-corrected chi connectivity index (χ3v) is 7.01. The average molecular weight is 610 g/mol. The van der Waals surface area contributed by atoms with Gasteiger partial charge in [-0.3, -0.25) is 14.2 Å². The van der Waals surface area contributed by atoms with E-state index in [1.807, 2.05) is 20.8 Å². The van der Waals surface area contributed by atoms with E-state index >= 15 is 0 Å². The Bertz CT molecular complexity index is 1600. The molecule has 0 saturated carbocycles. The van der Waals surface area contributed by atoms with Crippen molar-refractivity contribution in [2.45, 2.75) is 65.8 Å². The summed E-state index contributed by atoms with van der Waals surface area (Å²) < 4.78 is 30.7. The standard InChI is InChI=1S/C31H35F2N5O4.C2H6/c1-3-4-5-6-7-15-34-30(42)20-12-11-19(2)23(16-20)27-22-13-14-26(41)38(28-24(32)9-8-10-25(28)33)29(22)37-31(36-27)35-21(17-39)18-40;1-2/h8-14,16,21,39-40H,3-7,15,17-18H2,1-2H3,(H,34,42)(H,35,36,37);1-2H3. The summed E-state index contributed by atoms with van der Waals surface area (Å²) in [7, 11) is 0. The molecule has 0 bridgehead atoms. The fourth-order valence-electron chi connectivity index (χ4n) is 4.69. The maximum Gasteiger partial charge on any atom is 0.256 e. The number of anilines is 1. The van der Waals surface area contributed by atoms with Gasteiger partial charge in [-0.25, -0.2) is 13.8 Å². The maximum atomic E-state index is 14.9. The number of rotatable bonds is 13. The summed E-state index contributed by atoms with van der Waals surface area (Å²) in [6.07, 6.45) is 5.32. The Kier molecular flexibility index (Phi) is 12.9. The summed E-state index contributed by atoms with van der Waals surface area (Å²) in [6, 6.07) is 10.2. The van der Waals surface area contributed by atoms with E-state index < -0.39 is 42.1 Å². The second-order valence-corrected chi connectivity index (χ2v) is 10.1. The third kappa shape index (κ3) is 8.03. The summed E-state index contributed by atoms with van der Waals surface area (Å²) in [4.78, 5) is 35.0. The predicted octanol–water partition coefficient (Wildman–Crippen LogP) is 5.53. The van der Waals surface area contributed by atoms with Gasteiger partial charge in [0.2, 0.25) is 5.95 Å². The number of nitrogens with one attached hydrogen (secondary N) is 2. The first-order chi connectivity index (χ1) is 21.3. The zero-order valence-corrected chi connectivity index (χ0v) is 25.7. The average Bonchev–Trinajstić information content (AvgIpc) is 3.03. The highest BCUT2D eigenvalue weighted by molar-refractivity contribution is 5.98. The smallest absolute Gasteiger partial charge is 0.256 e. The first kappa shape index (κ1) is 34.3. The number of benzene rings is 2. The minimum absolute atomic E-state index is 0.0944. The molecule has 0 radical (unpaired) electrons. The SMILES string of the molecule is CC.CCCCCCCNC(=O)c1ccc(C)c(-c2nc(NC(CO)CO)nc3c2ccc(=O)n3-c2c(F)cccc2F)c1. The monoisotopic (exact) mass is 609 g/mol. The maximum absolute atomic E-state index is 14.9. The van der Waals surface area contributed by atoms with Crippen molar-refractivity contribution in [3.05, 3.63) is 81.6 Å². The topological polar surface area (TPSA) is 129 Å². The highest BCUT2D eigenvalue weighted by Gasteiger charge is 2.22. The van der Waals surface area contributed by atoms with E-state index in [9.17, 15) is 28.6 Å². The number of aliphatic hydroxyl groups is 2. The molecule has 0 spiro atoms. The van der Waals surface area contributed by atoms with E-state index in [2.05, 4.69) is 27.5 Å². The summed E-state index contributed by atoms with van der Waals surface area (Å²) in [5, 5.41) is 25.3. The molecule has 4 aromatic rings. The number of fused-ring (bicyclic) bond motifs is 1. The molecule has 0 unspecified atom stereocenters. The Labute approximate surface area is 256 Å². The Morgan fingerprint density at radius 1 is 0.955 bits per heavy atom. The number of aryl methyl sites for hydroxylation is 1. The Hall–Kier alpha value is -4.22. The Morgan fingerprint density at radius 2 is 1.64 bits per heavy atom. The van der Waals surface area contributed by atoms with Crippen molar-refractivity contribution in [3.63, 3.8) is 0 Å². The van der Waals surface area contributed by atoms with Crippen LogP contribution in [0.2, 0.25) is 0 Å². The normalized spacial score (nSPS) is 10.9. The molecule has 4 rings (SSSR count). The third-order valence-electron chi connectivity index (χ3n) is 7.01. The van der Waals surface area contributed by atoms with Crippen LogP contribution in [0.25, 0.3) is 28.0 Å². The molecule has 0 aliphatic carbocycles. The van der Waals surface area contributed by atoms with Crippen molar-refractivity contribution in [2.75, 3.05) is 25.1 Å². The number of carbonyl (C=O) groups is 1. The van der Waals surface area contributed by atoms with Crippen LogP contribution in [0.15, 0.2) is 53.3 Å². The van der Waals surface area contributed by atoms with Crippen LogP contribution in [-0.4, -0.2) is 56.5 Å². The van der Waals surface area contributed by atoms with Crippen molar-refractivity contribution in [1.29, 1.82) is 0 Å². The van der Waals surface area contributed by atoms with Gasteiger partial charge in [-0.2, -0.15) is 4.98 Å². The van der Waals surface area contributed by atoms with Crippen LogP contribution in [0.4, 0.5) is 14.7 Å². The van der Waals surface area contributed by atoms with Crippen LogP contribution in [0.5, 0.6) is 0 Å². The molecular weight excluding hydrogens is 568 g/mol. The van der Waals surface area contributed by atoms with Gasteiger partial charge in [0.1, 0.15) is 17.3 Å². The van der Waals surface area contributed by atoms with Crippen LogP contribution >= 0.6 is 0 Å². The van der Waals surface area contributed by atoms with Crippen LogP contribution in [0.3, 0.4) is 0 Å². The number of halogens is 2. The lowest BCUT2D eigenvalue weighted by molar-refractivity contribution is 0.0953. The van der Waals surface area contributed by atoms with Crippen LogP contribution in [0, 0.1) is 18.6 Å². The minimum atomic E-state index is -0.965. The first-order valence-electron chi connectivity index (χ1n) is 15.0. The largest absolute Gasteiger partial charge is 0.394 e. The van der Waals surface area contributed by atoms with Gasteiger partial charge in [-0.05, 0) is 49.2 Å². The molecule has 4 N–H and O–H groups in total. The van der Waals surface area contributed by atoms with Gasteiger partial charge >= 0.3 is 0 Å². The number of unbranched alkanes of at least 4 members (excludes halogenated alkanes) is 4. The van der Waals surface area contributed by atoms with E-state index in [4.69, 9.17) is 0 Å². The summed E-state index contributed by atoms with van der Waals surface area (Å²) in [6.45, 7) is 7.60. The van der Waals surface area contributed by atoms with Gasteiger partial charge in [0, 0.05) is 29.1 Å². The van der Waals surface area contributed by atoms with Crippen LogP contribution < -0.4 is 16.2 Å². The molecule has 236 valence electrons. The second-order valence-electron chi connectivity index (χ2n) is 10.1. The highest BCUT2D eigenvalue weighted by Crippen LogP contribution is 2.32. The van der Waals surface area contributed by atoms with Crippen molar-refractivity contribution in [2.24, 2.45) is 0 Å². The number of aromatic nitrogens is 3. The highest BCUT2D eigenvalue weighted by atomic mass is 19.1. The molecule has 11 heteroatoms. The zero-order valence-electron chi connectivity index (χ0n) is 25.7. The number of hydrogen-bond donors (Lipinski definition) is 4. The van der Waals surface area contributed by atoms with E-state index in [1.54, 1.807) is 18.2 Å². The summed E-state index contributed by atoms with van der Waals surface area (Å²) in [5.41, 5.74) is 0.518. The number of pyridine rings is 1. The molecule has 44 heavy (non-hydrogen) atoms. The molecule has 9 nitrogen and oxygen atoms in total. The summed E-state index contributed by atoms with van der Waals surface area (Å²) >= 11 is 0. The van der Waals surface area contributed by atoms with Gasteiger partial charge in [0.25, 0.3) is 11.5 Å². The number of nitrogens with zero attached hydrogens (tertiary/aromatic N) is 3. The molecule has 0 aliphatic rings. The lowest BCUT2D eigenvalue weighted by atomic mass is 9.99. The molecular formula is C33H41F2N5O4. The number of amides is 1. The minimum Gasteiger partial charge on any atom is -0.394 e. The van der Waals surface area contributed by atoms with Gasteiger partial charge in [0.15, 0.2) is 5.65 Å². The zero-order chi connectivity index (χ0) is 32.2. The molecule has 2 aromatic heterocycles. The van der Waals surface area contributed by atoms with Crippen LogP contribution in [-0.2, 0) is 0 Å². The molecule has 2 heterocycles. The fourth-order valence-corrected chi connectivity index (χ4v) is 4.69. The quantitative estimate of drug-likeness (QED) is 0.147. The van der Waals surface area contributed by atoms with E-state index in [0.29, 0.717) is 23.1 Å². The number of para-hydroxylation sites is 1. The van der Waals surface area contributed by atoms with E-state index in [-0.39, 0.29) is 23.2 Å². The van der Waals surface area contributed by atoms with E-state index in [0.717, 1.165) is 54.4 Å². The second kappa shape index (κ2) is 16.6. The van der Waals surface area contributed by atoms with Gasteiger partial charge in [-0.15, -0.1) is 0 Å². The molecule has 0 fully saturated rings. The molecule has 0 saturated heterocycles. The number of aliphatic hydroxyl groups excluding tert-OH is 2. The predicted molar refractivity (Wildman–Crippen MR) is 169 cm³/mol. The Balaban J connectivity index is 0.00000259. The molecule has 0 aliphatic heterocycles. The van der Waals surface area contributed by atoms with Crippen molar-refractivity contribution >= 4 is 22.9 Å². The van der Waals surface area contributed by atoms with Crippen LogP contribution in [0.1, 0.15) is 68.8 Å².